The fraction of sp³-hybridized carbons (Fsp3) is 0.650. The van der Waals surface area contributed by atoms with E-state index in [-0.39, 0.29) is 11.8 Å². The van der Waals surface area contributed by atoms with Crippen molar-refractivity contribution in [3.8, 4) is 0 Å². The SMILES string of the molecule is CC(C)c1ccc(CNC(=O)C2CC3CCCC(C2)C3N)cc1. The third-order valence-electron chi connectivity index (χ3n) is 5.90. The van der Waals surface area contributed by atoms with E-state index in [0.717, 1.165) is 12.8 Å². The number of nitrogens with two attached hydrogens (primary N) is 1. The molecule has 2 aliphatic rings. The average molecular weight is 314 g/mol. The van der Waals surface area contributed by atoms with E-state index in [0.29, 0.717) is 30.3 Å². The van der Waals surface area contributed by atoms with Crippen molar-refractivity contribution in [2.45, 2.75) is 64.5 Å². The molecule has 1 amide bonds. The maximum Gasteiger partial charge on any atom is 0.223 e. The van der Waals surface area contributed by atoms with Crippen LogP contribution in [0.3, 0.4) is 0 Å². The van der Waals surface area contributed by atoms with Crippen molar-refractivity contribution in [2.24, 2.45) is 23.5 Å². The van der Waals surface area contributed by atoms with Crippen molar-refractivity contribution in [3.63, 3.8) is 0 Å². The van der Waals surface area contributed by atoms with Crippen molar-refractivity contribution < 1.29 is 4.79 Å². The molecule has 0 saturated heterocycles. The highest BCUT2D eigenvalue weighted by atomic mass is 16.1. The third kappa shape index (κ3) is 3.77. The predicted molar refractivity (Wildman–Crippen MR) is 93.9 cm³/mol. The van der Waals surface area contributed by atoms with E-state index < -0.39 is 0 Å². The van der Waals surface area contributed by atoms with Gasteiger partial charge in [0.15, 0.2) is 0 Å². The molecule has 2 atom stereocenters. The summed E-state index contributed by atoms with van der Waals surface area (Å²) in [6.45, 7) is 5.03. The lowest BCUT2D eigenvalue weighted by molar-refractivity contribution is -0.128. The zero-order chi connectivity index (χ0) is 16.4. The molecule has 126 valence electrons. The van der Waals surface area contributed by atoms with Crippen LogP contribution in [0.5, 0.6) is 0 Å². The van der Waals surface area contributed by atoms with Gasteiger partial charge in [-0.15, -0.1) is 0 Å². The normalized spacial score (nSPS) is 30.3. The molecule has 3 rings (SSSR count). The summed E-state index contributed by atoms with van der Waals surface area (Å²) < 4.78 is 0. The predicted octanol–water partition coefficient (Wildman–Crippen LogP) is 3.58. The van der Waals surface area contributed by atoms with Crippen molar-refractivity contribution in [3.05, 3.63) is 35.4 Å². The monoisotopic (exact) mass is 314 g/mol. The van der Waals surface area contributed by atoms with Gasteiger partial charge in [-0.1, -0.05) is 44.5 Å². The van der Waals surface area contributed by atoms with Gasteiger partial charge in [0.2, 0.25) is 5.91 Å². The van der Waals surface area contributed by atoms with E-state index in [9.17, 15) is 4.79 Å². The van der Waals surface area contributed by atoms with Gasteiger partial charge >= 0.3 is 0 Å². The van der Waals surface area contributed by atoms with Crippen molar-refractivity contribution >= 4 is 5.91 Å². The van der Waals surface area contributed by atoms with Crippen LogP contribution in [0.25, 0.3) is 0 Å². The van der Waals surface area contributed by atoms with Crippen LogP contribution < -0.4 is 11.1 Å². The summed E-state index contributed by atoms with van der Waals surface area (Å²) in [6, 6.07) is 8.91. The molecule has 0 aromatic heterocycles. The number of fused-ring (bicyclic) bond motifs is 2. The lowest BCUT2D eigenvalue weighted by Crippen LogP contribution is -2.49. The third-order valence-corrected chi connectivity index (χ3v) is 5.90. The van der Waals surface area contributed by atoms with Gasteiger partial charge in [-0.2, -0.15) is 0 Å². The highest BCUT2D eigenvalue weighted by Crippen LogP contribution is 2.41. The van der Waals surface area contributed by atoms with E-state index in [4.69, 9.17) is 5.73 Å². The Morgan fingerprint density at radius 2 is 1.78 bits per heavy atom. The van der Waals surface area contributed by atoms with E-state index in [1.54, 1.807) is 0 Å². The van der Waals surface area contributed by atoms with Gasteiger partial charge in [-0.25, -0.2) is 0 Å². The summed E-state index contributed by atoms with van der Waals surface area (Å²) in [5, 5.41) is 3.14. The first-order valence-electron chi connectivity index (χ1n) is 9.16. The van der Waals surface area contributed by atoms with Crippen LogP contribution in [0.2, 0.25) is 0 Å². The summed E-state index contributed by atoms with van der Waals surface area (Å²) in [7, 11) is 0. The first-order valence-corrected chi connectivity index (χ1v) is 9.16. The lowest BCUT2D eigenvalue weighted by Gasteiger charge is -2.43. The Bertz CT molecular complexity index is 523. The van der Waals surface area contributed by atoms with Gasteiger partial charge in [0.25, 0.3) is 0 Å². The molecule has 1 aromatic carbocycles. The minimum absolute atomic E-state index is 0.167. The Kier molecular flexibility index (Phi) is 5.05. The molecule has 3 heteroatoms. The summed E-state index contributed by atoms with van der Waals surface area (Å²) in [5.41, 5.74) is 8.84. The van der Waals surface area contributed by atoms with Gasteiger partial charge in [0, 0.05) is 18.5 Å². The molecule has 3 nitrogen and oxygen atoms in total. The molecular formula is C20H30N2O. The molecule has 2 aliphatic carbocycles. The van der Waals surface area contributed by atoms with Gasteiger partial charge < -0.3 is 11.1 Å². The number of rotatable bonds is 4. The quantitative estimate of drug-likeness (QED) is 0.892. The fourth-order valence-corrected chi connectivity index (χ4v) is 4.36. The van der Waals surface area contributed by atoms with Crippen LogP contribution >= 0.6 is 0 Å². The Balaban J connectivity index is 1.53. The van der Waals surface area contributed by atoms with Gasteiger partial charge in [-0.05, 0) is 54.6 Å². The van der Waals surface area contributed by atoms with Gasteiger partial charge in [0.1, 0.15) is 0 Å². The Hall–Kier alpha value is -1.35. The van der Waals surface area contributed by atoms with Crippen LogP contribution in [-0.4, -0.2) is 11.9 Å². The standard InChI is InChI=1S/C20H30N2O/c1-13(2)15-8-6-14(7-9-15)12-22-20(23)18-10-16-4-3-5-17(11-18)19(16)21/h6-9,13,16-19H,3-5,10-12,21H2,1-2H3,(H,22,23). The number of hydrogen-bond acceptors (Lipinski definition) is 2. The maximum absolute atomic E-state index is 12.5. The van der Waals surface area contributed by atoms with Crippen molar-refractivity contribution in [2.75, 3.05) is 0 Å². The minimum atomic E-state index is 0.167. The average Bonchev–Trinajstić information content (AvgIpc) is 2.52. The highest BCUT2D eigenvalue weighted by Gasteiger charge is 2.40. The smallest absolute Gasteiger partial charge is 0.223 e. The summed E-state index contributed by atoms with van der Waals surface area (Å²) in [6.07, 6.45) is 5.67. The lowest BCUT2D eigenvalue weighted by atomic mass is 9.65. The van der Waals surface area contributed by atoms with E-state index >= 15 is 0 Å². The molecule has 2 unspecified atom stereocenters. The van der Waals surface area contributed by atoms with Crippen LogP contribution in [0.4, 0.5) is 0 Å². The second-order valence-electron chi connectivity index (χ2n) is 7.81. The molecular weight excluding hydrogens is 284 g/mol. The number of carbonyl (C=O) groups excluding carboxylic acids is 1. The topological polar surface area (TPSA) is 55.1 Å². The molecule has 1 aromatic rings. The first kappa shape index (κ1) is 16.5. The molecule has 0 aliphatic heterocycles. The highest BCUT2D eigenvalue weighted by molar-refractivity contribution is 5.78. The Morgan fingerprint density at radius 3 is 2.35 bits per heavy atom. The molecule has 2 bridgehead atoms. The Labute approximate surface area is 140 Å². The molecule has 2 saturated carbocycles. The maximum atomic E-state index is 12.5. The summed E-state index contributed by atoms with van der Waals surface area (Å²) in [5.74, 6) is 2.05. The van der Waals surface area contributed by atoms with E-state index in [1.165, 1.54) is 30.4 Å². The minimum Gasteiger partial charge on any atom is -0.352 e. The number of hydrogen-bond donors (Lipinski definition) is 2. The fourth-order valence-electron chi connectivity index (χ4n) is 4.36. The van der Waals surface area contributed by atoms with Crippen LogP contribution in [-0.2, 0) is 11.3 Å². The number of amides is 1. The largest absolute Gasteiger partial charge is 0.352 e. The Morgan fingerprint density at radius 1 is 1.17 bits per heavy atom. The molecule has 0 radical (unpaired) electrons. The zero-order valence-corrected chi connectivity index (χ0v) is 14.4. The number of nitrogens with one attached hydrogen (secondary N) is 1. The summed E-state index contributed by atoms with van der Waals surface area (Å²) >= 11 is 0. The molecule has 0 spiro atoms. The van der Waals surface area contributed by atoms with Gasteiger partial charge in [0.05, 0.1) is 0 Å². The van der Waals surface area contributed by atoms with E-state index in [2.05, 4.69) is 43.4 Å². The van der Waals surface area contributed by atoms with Gasteiger partial charge in [-0.3, -0.25) is 4.79 Å². The van der Waals surface area contributed by atoms with Crippen LogP contribution in [0.1, 0.15) is 63.0 Å². The second kappa shape index (κ2) is 7.04. The first-order chi connectivity index (χ1) is 11.0. The van der Waals surface area contributed by atoms with Crippen molar-refractivity contribution in [1.29, 1.82) is 0 Å². The summed E-state index contributed by atoms with van der Waals surface area (Å²) in [4.78, 5) is 12.5. The second-order valence-corrected chi connectivity index (χ2v) is 7.81. The molecule has 3 N–H and O–H groups in total. The molecule has 23 heavy (non-hydrogen) atoms. The van der Waals surface area contributed by atoms with E-state index in [1.807, 2.05) is 0 Å². The van der Waals surface area contributed by atoms with Crippen LogP contribution in [0.15, 0.2) is 24.3 Å². The zero-order valence-electron chi connectivity index (χ0n) is 14.4. The molecule has 2 fully saturated rings. The van der Waals surface area contributed by atoms with Crippen LogP contribution in [0, 0.1) is 17.8 Å². The van der Waals surface area contributed by atoms with Crippen molar-refractivity contribution in [1.82, 2.24) is 5.32 Å². The number of benzene rings is 1. The number of carbonyl (C=O) groups is 1. The molecule has 0 heterocycles.